The van der Waals surface area contributed by atoms with Crippen LogP contribution in [0.15, 0.2) is 27.4 Å². The maximum atomic E-state index is 12.1. The summed E-state index contributed by atoms with van der Waals surface area (Å²) < 4.78 is 20.4. The van der Waals surface area contributed by atoms with Crippen LogP contribution in [0.25, 0.3) is 11.0 Å². The van der Waals surface area contributed by atoms with Crippen molar-refractivity contribution in [2.24, 2.45) is 0 Å². The second kappa shape index (κ2) is 7.09. The van der Waals surface area contributed by atoms with Crippen LogP contribution in [0.2, 0.25) is 0 Å². The molecule has 1 fully saturated rings. The third-order valence-corrected chi connectivity index (χ3v) is 4.13. The van der Waals surface area contributed by atoms with E-state index in [2.05, 4.69) is 0 Å². The van der Waals surface area contributed by atoms with Gasteiger partial charge in [-0.3, -0.25) is 0 Å². The summed E-state index contributed by atoms with van der Waals surface area (Å²) in [6.45, 7) is -0.664. The van der Waals surface area contributed by atoms with Gasteiger partial charge in [0.25, 0.3) is 5.75 Å². The van der Waals surface area contributed by atoms with Crippen LogP contribution in [0.5, 0.6) is 17.2 Å². The molecular formula is C16H18O10. The summed E-state index contributed by atoms with van der Waals surface area (Å²) in [6.07, 6.45) is -7.86. The Morgan fingerprint density at radius 2 is 1.88 bits per heavy atom. The minimum absolute atomic E-state index is 0.0491. The largest absolute Gasteiger partial charge is 0.504 e. The quantitative estimate of drug-likeness (QED) is 0.409. The van der Waals surface area contributed by atoms with Crippen molar-refractivity contribution in [3.8, 4) is 17.2 Å². The Labute approximate surface area is 146 Å². The van der Waals surface area contributed by atoms with Crippen molar-refractivity contribution in [1.29, 1.82) is 0 Å². The van der Waals surface area contributed by atoms with Crippen molar-refractivity contribution in [2.45, 2.75) is 30.7 Å². The van der Waals surface area contributed by atoms with Crippen LogP contribution < -0.4 is 15.1 Å². The van der Waals surface area contributed by atoms with Crippen molar-refractivity contribution in [3.63, 3.8) is 0 Å². The molecule has 5 N–H and O–H groups in total. The summed E-state index contributed by atoms with van der Waals surface area (Å²) in [5.74, 6) is -0.800. The van der Waals surface area contributed by atoms with Crippen molar-refractivity contribution in [3.05, 3.63) is 28.6 Å². The number of hydrogen-bond donors (Lipinski definition) is 5. The number of aromatic hydroxyl groups is 1. The minimum Gasteiger partial charge on any atom is -0.504 e. The summed E-state index contributed by atoms with van der Waals surface area (Å²) in [6, 6.07) is 4.36. The number of fused-ring (bicyclic) bond motifs is 1. The Balaban J connectivity index is 1.97. The number of aliphatic hydroxyl groups excluding tert-OH is 4. The molecule has 0 unspecified atom stereocenters. The second-order valence-electron chi connectivity index (χ2n) is 5.74. The fourth-order valence-electron chi connectivity index (χ4n) is 2.66. The zero-order valence-electron chi connectivity index (χ0n) is 13.6. The highest BCUT2D eigenvalue weighted by Crippen LogP contribution is 2.35. The predicted octanol–water partition coefficient (Wildman–Crippen LogP) is -1.31. The average Bonchev–Trinajstić information content (AvgIpc) is 2.64. The molecule has 3 rings (SSSR count). The number of ether oxygens (including phenoxy) is 3. The molecule has 1 aromatic heterocycles. The van der Waals surface area contributed by atoms with E-state index >= 15 is 0 Å². The molecule has 26 heavy (non-hydrogen) atoms. The molecule has 2 aromatic rings. The zero-order valence-corrected chi connectivity index (χ0v) is 13.6. The van der Waals surface area contributed by atoms with Gasteiger partial charge in [0, 0.05) is 6.07 Å². The maximum Gasteiger partial charge on any atom is 0.383 e. The molecule has 1 aliphatic heterocycles. The van der Waals surface area contributed by atoms with E-state index in [0.717, 1.165) is 0 Å². The Kier molecular flexibility index (Phi) is 5.03. The molecule has 0 spiro atoms. The first-order valence-electron chi connectivity index (χ1n) is 7.68. The van der Waals surface area contributed by atoms with E-state index in [1.54, 1.807) is 0 Å². The number of hydrogen-bond acceptors (Lipinski definition) is 10. The molecule has 10 nitrogen and oxygen atoms in total. The highest BCUT2D eigenvalue weighted by Gasteiger charge is 2.45. The zero-order chi connectivity index (χ0) is 19.0. The smallest absolute Gasteiger partial charge is 0.383 e. The minimum atomic E-state index is -1.74. The number of aliphatic hydroxyl groups is 4. The van der Waals surface area contributed by atoms with E-state index in [0.29, 0.717) is 5.75 Å². The molecule has 0 amide bonds. The van der Waals surface area contributed by atoms with E-state index in [9.17, 15) is 30.3 Å². The second-order valence-corrected chi connectivity index (χ2v) is 5.74. The van der Waals surface area contributed by atoms with Gasteiger partial charge >= 0.3 is 5.63 Å². The van der Waals surface area contributed by atoms with Crippen molar-refractivity contribution < 1.29 is 44.2 Å². The molecule has 5 atom stereocenters. The topological polar surface area (TPSA) is 159 Å². The number of methoxy groups -OCH3 is 1. The maximum absolute atomic E-state index is 12.1. The molecule has 1 aromatic carbocycles. The number of rotatable bonds is 4. The average molecular weight is 370 g/mol. The van der Waals surface area contributed by atoms with Crippen molar-refractivity contribution in [2.75, 3.05) is 13.7 Å². The molecule has 0 saturated carbocycles. The van der Waals surface area contributed by atoms with Crippen LogP contribution in [-0.4, -0.2) is 70.0 Å². The fourth-order valence-corrected chi connectivity index (χ4v) is 2.66. The molecule has 10 heteroatoms. The van der Waals surface area contributed by atoms with Crippen molar-refractivity contribution in [1.82, 2.24) is 0 Å². The van der Waals surface area contributed by atoms with Crippen LogP contribution in [-0.2, 0) is 4.74 Å². The summed E-state index contributed by atoms with van der Waals surface area (Å²) in [5.41, 5.74) is -1.01. The third-order valence-electron chi connectivity index (χ3n) is 4.13. The first-order valence-corrected chi connectivity index (χ1v) is 7.68. The highest BCUT2D eigenvalue weighted by atomic mass is 16.7. The number of benzene rings is 1. The van der Waals surface area contributed by atoms with Gasteiger partial charge in [0.2, 0.25) is 6.29 Å². The van der Waals surface area contributed by atoms with Gasteiger partial charge in [-0.25, -0.2) is 4.79 Å². The molecule has 0 radical (unpaired) electrons. The van der Waals surface area contributed by atoms with Crippen LogP contribution in [0.1, 0.15) is 0 Å². The standard InChI is InChI=1S/C16H18O10/c1-23-6-2-3-7-8(4-6)24-15(22)14(10(7)18)26-16-13(21)12(20)11(19)9(5-17)25-16/h2-4,9,11-13,16-21H,5H2,1H3/t9-,11+,12+,13-,16+/m1/s1. The lowest BCUT2D eigenvalue weighted by molar-refractivity contribution is -0.278. The molecule has 1 saturated heterocycles. The molecule has 142 valence electrons. The fraction of sp³-hybridized carbons (Fsp3) is 0.438. The lowest BCUT2D eigenvalue weighted by atomic mass is 9.99. The van der Waals surface area contributed by atoms with Gasteiger partial charge in [-0.05, 0) is 12.1 Å². The van der Waals surface area contributed by atoms with Gasteiger partial charge in [-0.2, -0.15) is 0 Å². The van der Waals surface area contributed by atoms with Crippen LogP contribution in [0, 0.1) is 0 Å². The predicted molar refractivity (Wildman–Crippen MR) is 85.1 cm³/mol. The summed E-state index contributed by atoms with van der Waals surface area (Å²) in [4.78, 5) is 12.1. The van der Waals surface area contributed by atoms with Gasteiger partial charge in [0.15, 0.2) is 5.75 Å². The first-order chi connectivity index (χ1) is 12.4. The molecule has 0 aliphatic carbocycles. The highest BCUT2D eigenvalue weighted by molar-refractivity contribution is 5.86. The first kappa shape index (κ1) is 18.4. The van der Waals surface area contributed by atoms with E-state index in [-0.39, 0.29) is 11.0 Å². The summed E-state index contributed by atoms with van der Waals surface area (Å²) in [7, 11) is 1.43. The normalized spacial score (nSPS) is 28.9. The van der Waals surface area contributed by atoms with Gasteiger partial charge in [-0.15, -0.1) is 0 Å². The Hall–Kier alpha value is -2.37. The Morgan fingerprint density at radius 3 is 2.54 bits per heavy atom. The molecular weight excluding hydrogens is 352 g/mol. The monoisotopic (exact) mass is 370 g/mol. The lowest BCUT2D eigenvalue weighted by Crippen LogP contribution is -2.60. The summed E-state index contributed by atoms with van der Waals surface area (Å²) in [5, 5.41) is 49.1. The van der Waals surface area contributed by atoms with E-state index in [1.807, 2.05) is 0 Å². The van der Waals surface area contributed by atoms with E-state index in [1.165, 1.54) is 25.3 Å². The molecule has 0 bridgehead atoms. The van der Waals surface area contributed by atoms with Crippen molar-refractivity contribution >= 4 is 11.0 Å². The van der Waals surface area contributed by atoms with E-state index in [4.69, 9.17) is 18.6 Å². The van der Waals surface area contributed by atoms with Gasteiger partial charge < -0.3 is 44.2 Å². The molecule has 1 aliphatic rings. The van der Waals surface area contributed by atoms with Gasteiger partial charge in [-0.1, -0.05) is 0 Å². The third kappa shape index (κ3) is 3.08. The Bertz CT molecular complexity index is 845. The van der Waals surface area contributed by atoms with Crippen LogP contribution >= 0.6 is 0 Å². The van der Waals surface area contributed by atoms with E-state index < -0.39 is 54.4 Å². The SMILES string of the molecule is COc1ccc2c(O)c(O[C@@H]3O[C@H](CO)[C@H](O)[C@H](O)[C@H]3O)c(=O)oc2c1. The lowest BCUT2D eigenvalue weighted by Gasteiger charge is -2.39. The van der Waals surface area contributed by atoms with Gasteiger partial charge in [0.05, 0.1) is 19.1 Å². The van der Waals surface area contributed by atoms with Gasteiger partial charge in [0.1, 0.15) is 35.7 Å². The molecule has 2 heterocycles. The van der Waals surface area contributed by atoms with Crippen LogP contribution in [0.4, 0.5) is 0 Å². The van der Waals surface area contributed by atoms with Crippen LogP contribution in [0.3, 0.4) is 0 Å². The summed E-state index contributed by atoms with van der Waals surface area (Å²) >= 11 is 0. The Morgan fingerprint density at radius 1 is 1.15 bits per heavy atom.